The topological polar surface area (TPSA) is 126 Å². The van der Waals surface area contributed by atoms with Gasteiger partial charge in [-0.15, -0.1) is 11.3 Å². The first-order valence-corrected chi connectivity index (χ1v) is 10.7. The lowest BCUT2D eigenvalue weighted by Gasteiger charge is -2.16. The smallest absolute Gasteiger partial charge is 0.165 e. The molecule has 1 aliphatic heterocycles. The maximum absolute atomic E-state index is 10.3. The van der Waals surface area contributed by atoms with Crippen LogP contribution in [-0.2, 0) is 10.5 Å². The van der Waals surface area contributed by atoms with E-state index in [1.807, 2.05) is 24.3 Å². The predicted molar refractivity (Wildman–Crippen MR) is 108 cm³/mol. The van der Waals surface area contributed by atoms with Crippen LogP contribution < -0.4 is 0 Å². The summed E-state index contributed by atoms with van der Waals surface area (Å²) >= 11 is 3.20. The van der Waals surface area contributed by atoms with Crippen molar-refractivity contribution in [3.63, 3.8) is 0 Å². The Hall–Kier alpha value is -2.15. The van der Waals surface area contributed by atoms with Crippen LogP contribution in [0.2, 0.25) is 0 Å². The van der Waals surface area contributed by atoms with Gasteiger partial charge in [0, 0.05) is 5.75 Å². The Bertz CT molecular complexity index is 1130. The summed E-state index contributed by atoms with van der Waals surface area (Å²) in [5, 5.41) is 29.6. The van der Waals surface area contributed by atoms with Gasteiger partial charge in [-0.05, 0) is 12.1 Å². The summed E-state index contributed by atoms with van der Waals surface area (Å²) in [6.07, 6.45) is -1.17. The predicted octanol–water partition coefficient (Wildman–Crippen LogP) is 1.34. The van der Waals surface area contributed by atoms with E-state index in [0.717, 1.165) is 20.3 Å². The van der Waals surface area contributed by atoms with E-state index in [1.165, 1.54) is 12.7 Å². The summed E-state index contributed by atoms with van der Waals surface area (Å²) in [5.74, 6) is 0.561. The molecule has 3 aromatic heterocycles. The number of hydrogen-bond acceptors (Lipinski definition) is 10. The highest BCUT2D eigenvalue weighted by atomic mass is 32.2. The molecule has 0 spiro atoms. The van der Waals surface area contributed by atoms with E-state index < -0.39 is 24.5 Å². The molecular weight excluding hydrogens is 414 g/mol. The zero-order chi connectivity index (χ0) is 20.0. The summed E-state index contributed by atoms with van der Waals surface area (Å²) in [6.45, 7) is -0.388. The molecule has 9 nitrogen and oxygen atoms in total. The molecule has 4 aromatic rings. The zero-order valence-corrected chi connectivity index (χ0v) is 16.6. The Morgan fingerprint density at radius 2 is 2.00 bits per heavy atom. The Morgan fingerprint density at radius 3 is 2.79 bits per heavy atom. The van der Waals surface area contributed by atoms with Crippen LogP contribution in [0.4, 0.5) is 0 Å². The number of thiazole rings is 1. The molecule has 3 N–H and O–H groups in total. The number of nitrogens with zero attached hydrogens (tertiary/aromatic N) is 5. The number of ether oxygens (including phenoxy) is 1. The number of rotatable bonds is 5. The standard InChI is InChI=1S/C18H17N5O4S2/c24-5-11-14(25)15(26)17(27-11)23-8-21-13-10(19-7-20-16(13)23)6-28-18-22-9-3-1-2-4-12(9)29-18/h1-4,7-8,11,14-15,17,24-26H,5-6H2/t11-,14-,15-,17-/m1/s1. The molecule has 1 saturated heterocycles. The van der Waals surface area contributed by atoms with Crippen LogP contribution in [0.1, 0.15) is 11.9 Å². The lowest BCUT2D eigenvalue weighted by molar-refractivity contribution is -0.0511. The van der Waals surface area contributed by atoms with Crippen molar-refractivity contribution >= 4 is 44.5 Å². The van der Waals surface area contributed by atoms with Gasteiger partial charge in [0.05, 0.1) is 28.8 Å². The van der Waals surface area contributed by atoms with Crippen LogP contribution >= 0.6 is 23.1 Å². The van der Waals surface area contributed by atoms with Gasteiger partial charge in [-0.1, -0.05) is 23.9 Å². The molecular formula is C18H17N5O4S2. The van der Waals surface area contributed by atoms with E-state index in [1.54, 1.807) is 27.7 Å². The van der Waals surface area contributed by atoms with Crippen molar-refractivity contribution in [3.8, 4) is 0 Å². The number of thioether (sulfide) groups is 1. The van der Waals surface area contributed by atoms with Crippen LogP contribution in [0.25, 0.3) is 21.4 Å². The molecule has 4 heterocycles. The van der Waals surface area contributed by atoms with Crippen molar-refractivity contribution in [2.24, 2.45) is 0 Å². The fourth-order valence-corrected chi connectivity index (χ4v) is 5.36. The summed E-state index contributed by atoms with van der Waals surface area (Å²) in [6, 6.07) is 7.99. The third-order valence-corrected chi connectivity index (χ3v) is 7.02. The maximum Gasteiger partial charge on any atom is 0.165 e. The molecule has 1 aromatic carbocycles. The molecule has 0 aliphatic carbocycles. The minimum atomic E-state index is -1.19. The van der Waals surface area contributed by atoms with E-state index >= 15 is 0 Å². The summed E-state index contributed by atoms with van der Waals surface area (Å²) < 4.78 is 9.23. The quantitative estimate of drug-likeness (QED) is 0.401. The molecule has 5 rings (SSSR count). The first kappa shape index (κ1) is 18.9. The average molecular weight is 431 g/mol. The summed E-state index contributed by atoms with van der Waals surface area (Å²) in [5.41, 5.74) is 2.81. The van der Waals surface area contributed by atoms with Crippen molar-refractivity contribution in [1.82, 2.24) is 24.5 Å². The van der Waals surface area contributed by atoms with Gasteiger partial charge in [0.1, 0.15) is 30.2 Å². The molecule has 29 heavy (non-hydrogen) atoms. The fraction of sp³-hybridized carbons (Fsp3) is 0.333. The van der Waals surface area contributed by atoms with Crippen molar-refractivity contribution in [2.45, 2.75) is 34.6 Å². The van der Waals surface area contributed by atoms with Gasteiger partial charge in [0.2, 0.25) is 0 Å². The second-order valence-electron chi connectivity index (χ2n) is 6.61. The number of aromatic nitrogens is 5. The Labute approximate surface area is 173 Å². The first-order chi connectivity index (χ1) is 14.2. The number of fused-ring (bicyclic) bond motifs is 2. The van der Waals surface area contributed by atoms with Gasteiger partial charge >= 0.3 is 0 Å². The Kier molecular flexibility index (Phi) is 4.94. The van der Waals surface area contributed by atoms with Crippen molar-refractivity contribution in [3.05, 3.63) is 42.6 Å². The van der Waals surface area contributed by atoms with Crippen LogP contribution in [-0.4, -0.2) is 64.7 Å². The van der Waals surface area contributed by atoms with E-state index in [4.69, 9.17) is 4.74 Å². The van der Waals surface area contributed by atoms with Crippen molar-refractivity contribution < 1.29 is 20.1 Å². The highest BCUT2D eigenvalue weighted by molar-refractivity contribution is 8.00. The molecule has 1 aliphatic rings. The summed E-state index contributed by atoms with van der Waals surface area (Å²) in [4.78, 5) is 17.7. The minimum Gasteiger partial charge on any atom is -0.394 e. The van der Waals surface area contributed by atoms with Gasteiger partial charge < -0.3 is 20.1 Å². The highest BCUT2D eigenvalue weighted by Gasteiger charge is 2.44. The lowest BCUT2D eigenvalue weighted by atomic mass is 10.1. The maximum atomic E-state index is 10.3. The Balaban J connectivity index is 1.41. The number of para-hydroxylation sites is 1. The van der Waals surface area contributed by atoms with Gasteiger partial charge in [-0.25, -0.2) is 19.9 Å². The normalized spacial score (nSPS) is 24.7. The highest BCUT2D eigenvalue weighted by Crippen LogP contribution is 2.34. The van der Waals surface area contributed by atoms with Gasteiger partial charge in [-0.3, -0.25) is 4.57 Å². The molecule has 4 atom stereocenters. The third kappa shape index (κ3) is 3.29. The number of hydrogen-bond donors (Lipinski definition) is 3. The summed E-state index contributed by atoms with van der Waals surface area (Å²) in [7, 11) is 0. The largest absolute Gasteiger partial charge is 0.394 e. The van der Waals surface area contributed by atoms with Gasteiger partial charge in [-0.2, -0.15) is 0 Å². The molecule has 150 valence electrons. The van der Waals surface area contributed by atoms with E-state index in [0.29, 0.717) is 16.9 Å². The second-order valence-corrected chi connectivity index (χ2v) is 8.86. The van der Waals surface area contributed by atoms with Gasteiger partial charge in [0.15, 0.2) is 16.2 Å². The van der Waals surface area contributed by atoms with Crippen LogP contribution in [0.15, 0.2) is 41.3 Å². The van der Waals surface area contributed by atoms with E-state index in [9.17, 15) is 15.3 Å². The number of aliphatic hydroxyl groups is 3. The zero-order valence-electron chi connectivity index (χ0n) is 15.0. The number of benzene rings is 1. The molecule has 0 saturated carbocycles. The SMILES string of the molecule is OC[C@H]1O[C@@H](n2cnc3c(CSc4nc5ccccc5s4)ncnc32)[C@H](O)[C@@H]1O. The molecule has 11 heteroatoms. The molecule has 0 amide bonds. The second kappa shape index (κ2) is 7.59. The fourth-order valence-electron chi connectivity index (χ4n) is 3.34. The molecule has 0 bridgehead atoms. The van der Waals surface area contributed by atoms with Crippen molar-refractivity contribution in [1.29, 1.82) is 0 Å². The van der Waals surface area contributed by atoms with Crippen LogP contribution in [0.3, 0.4) is 0 Å². The monoisotopic (exact) mass is 431 g/mol. The van der Waals surface area contributed by atoms with E-state index in [-0.39, 0.29) is 6.61 Å². The van der Waals surface area contributed by atoms with Crippen LogP contribution in [0.5, 0.6) is 0 Å². The number of imidazole rings is 1. The lowest BCUT2D eigenvalue weighted by Crippen LogP contribution is -2.33. The third-order valence-electron chi connectivity index (χ3n) is 4.83. The van der Waals surface area contributed by atoms with E-state index in [2.05, 4.69) is 19.9 Å². The minimum absolute atomic E-state index is 0.388. The molecule has 0 unspecified atom stereocenters. The van der Waals surface area contributed by atoms with Crippen LogP contribution in [0, 0.1) is 0 Å². The Morgan fingerprint density at radius 1 is 1.14 bits per heavy atom. The van der Waals surface area contributed by atoms with Crippen molar-refractivity contribution in [2.75, 3.05) is 6.61 Å². The van der Waals surface area contributed by atoms with Gasteiger partial charge in [0.25, 0.3) is 0 Å². The molecule has 1 fully saturated rings. The first-order valence-electron chi connectivity index (χ1n) is 8.93. The molecule has 0 radical (unpaired) electrons. The number of aliphatic hydroxyl groups excluding tert-OH is 3. The average Bonchev–Trinajstić information content (AvgIpc) is 3.42.